The number of carbonyl (C=O) groups is 2. The second-order valence-electron chi connectivity index (χ2n) is 10.5. The highest BCUT2D eigenvalue weighted by Gasteiger charge is 2.51. The zero-order chi connectivity index (χ0) is 23.0. The minimum absolute atomic E-state index is 0.0577. The monoisotopic (exact) mass is 446 g/mol. The maximum absolute atomic E-state index is 12.6. The van der Waals surface area contributed by atoms with Gasteiger partial charge in [0.25, 0.3) is 5.91 Å². The van der Waals surface area contributed by atoms with Gasteiger partial charge in [-0.25, -0.2) is 0 Å². The minimum Gasteiger partial charge on any atom is -0.378 e. The van der Waals surface area contributed by atoms with Crippen molar-refractivity contribution in [3.63, 3.8) is 0 Å². The summed E-state index contributed by atoms with van der Waals surface area (Å²) < 4.78 is 0. The third kappa shape index (κ3) is 4.70. The molecule has 4 aliphatic rings. The van der Waals surface area contributed by atoms with E-state index in [0.29, 0.717) is 11.3 Å². The van der Waals surface area contributed by atoms with E-state index < -0.39 is 0 Å². The van der Waals surface area contributed by atoms with Crippen LogP contribution >= 0.6 is 0 Å². The van der Waals surface area contributed by atoms with Gasteiger partial charge in [-0.1, -0.05) is 12.1 Å². The fourth-order valence-electron chi connectivity index (χ4n) is 6.63. The van der Waals surface area contributed by atoms with Gasteiger partial charge in [0.15, 0.2) is 0 Å². The maximum atomic E-state index is 12.6. The van der Waals surface area contributed by atoms with Crippen LogP contribution in [-0.2, 0) is 4.79 Å². The molecule has 6 nitrogen and oxygen atoms in total. The molecule has 174 valence electrons. The second kappa shape index (κ2) is 8.73. The Morgan fingerprint density at radius 1 is 0.879 bits per heavy atom. The van der Waals surface area contributed by atoms with Gasteiger partial charge in [0.05, 0.1) is 17.9 Å². The van der Waals surface area contributed by atoms with Gasteiger partial charge in [-0.15, -0.1) is 0 Å². The molecule has 0 aliphatic heterocycles. The van der Waals surface area contributed by atoms with Crippen LogP contribution in [-0.4, -0.2) is 42.9 Å². The summed E-state index contributed by atoms with van der Waals surface area (Å²) in [6.07, 6.45) is 8.10. The average molecular weight is 447 g/mol. The van der Waals surface area contributed by atoms with E-state index in [4.69, 9.17) is 0 Å². The van der Waals surface area contributed by atoms with Crippen molar-refractivity contribution < 1.29 is 9.59 Å². The van der Waals surface area contributed by atoms with E-state index in [1.54, 1.807) is 38.4 Å². The van der Waals surface area contributed by atoms with Gasteiger partial charge < -0.3 is 20.9 Å². The summed E-state index contributed by atoms with van der Waals surface area (Å²) in [6.45, 7) is 0.179. The number of hydrogen-bond donors (Lipinski definition) is 3. The molecule has 6 rings (SSSR count). The fourth-order valence-corrected chi connectivity index (χ4v) is 6.63. The molecule has 3 N–H and O–H groups in total. The summed E-state index contributed by atoms with van der Waals surface area (Å²) in [6, 6.07) is 15.2. The summed E-state index contributed by atoms with van der Waals surface area (Å²) in [5, 5.41) is 10.2. The Morgan fingerprint density at radius 2 is 1.45 bits per heavy atom. The predicted octanol–water partition coefficient (Wildman–Crippen LogP) is 4.82. The number of hydrogen-bond acceptors (Lipinski definition) is 4. The number of benzene rings is 2. The van der Waals surface area contributed by atoms with Gasteiger partial charge >= 0.3 is 0 Å². The Kier molecular flexibility index (Phi) is 5.77. The molecule has 4 bridgehead atoms. The molecule has 4 saturated carbocycles. The van der Waals surface area contributed by atoms with Crippen LogP contribution < -0.4 is 16.0 Å². The van der Waals surface area contributed by atoms with Crippen molar-refractivity contribution in [2.75, 3.05) is 36.6 Å². The van der Waals surface area contributed by atoms with Crippen molar-refractivity contribution in [1.82, 2.24) is 4.90 Å². The van der Waals surface area contributed by atoms with E-state index in [0.717, 1.165) is 29.1 Å². The molecule has 0 saturated heterocycles. The standard InChI is InChI=1S/C27H34N4O2/c1-31(2)26(33)21-7-9-22(10-8-21)29-25(32)17-28-23-5-3-4-6-24(23)30-27-14-18-11-19(15-27)13-20(12-18)16-27/h3-10,18-20,28,30H,11-17H2,1-2H3,(H,29,32). The first kappa shape index (κ1) is 21.8. The Hall–Kier alpha value is -3.02. The van der Waals surface area contributed by atoms with Crippen LogP contribution in [0.25, 0.3) is 0 Å². The summed E-state index contributed by atoms with van der Waals surface area (Å²) >= 11 is 0. The topological polar surface area (TPSA) is 73.5 Å². The van der Waals surface area contributed by atoms with Crippen LogP contribution in [0, 0.1) is 17.8 Å². The zero-order valence-corrected chi connectivity index (χ0v) is 19.6. The van der Waals surface area contributed by atoms with Crippen molar-refractivity contribution in [2.24, 2.45) is 17.8 Å². The number of rotatable bonds is 7. The Bertz CT molecular complexity index is 995. The Labute approximate surface area is 196 Å². The first-order valence-electron chi connectivity index (χ1n) is 12.1. The van der Waals surface area contributed by atoms with Gasteiger partial charge in [-0.05, 0) is 92.7 Å². The molecule has 4 fully saturated rings. The molecule has 0 radical (unpaired) electrons. The fraction of sp³-hybridized carbons (Fsp3) is 0.481. The third-order valence-electron chi connectivity index (χ3n) is 7.63. The molecule has 0 spiro atoms. The summed E-state index contributed by atoms with van der Waals surface area (Å²) in [5.74, 6) is 2.47. The zero-order valence-electron chi connectivity index (χ0n) is 19.6. The number of para-hydroxylation sites is 2. The van der Waals surface area contributed by atoms with Crippen molar-refractivity contribution in [1.29, 1.82) is 0 Å². The number of nitrogens with zero attached hydrogens (tertiary/aromatic N) is 1. The van der Waals surface area contributed by atoms with Crippen LogP contribution in [0.2, 0.25) is 0 Å². The lowest BCUT2D eigenvalue weighted by Crippen LogP contribution is -2.54. The molecular formula is C27H34N4O2. The molecule has 6 heteroatoms. The van der Waals surface area contributed by atoms with E-state index in [1.807, 2.05) is 12.1 Å². The van der Waals surface area contributed by atoms with E-state index in [9.17, 15) is 9.59 Å². The lowest BCUT2D eigenvalue weighted by atomic mass is 9.53. The molecule has 0 unspecified atom stereocenters. The van der Waals surface area contributed by atoms with Crippen LogP contribution in [0.15, 0.2) is 48.5 Å². The van der Waals surface area contributed by atoms with Gasteiger partial charge in [0.2, 0.25) is 5.91 Å². The number of nitrogens with one attached hydrogen (secondary N) is 3. The van der Waals surface area contributed by atoms with Crippen LogP contribution in [0.1, 0.15) is 48.9 Å². The van der Waals surface area contributed by atoms with Crippen LogP contribution in [0.3, 0.4) is 0 Å². The van der Waals surface area contributed by atoms with Crippen molar-refractivity contribution >= 4 is 28.9 Å². The Balaban J connectivity index is 1.20. The number of anilines is 3. The molecule has 2 aromatic carbocycles. The van der Waals surface area contributed by atoms with Crippen molar-refractivity contribution in [3.05, 3.63) is 54.1 Å². The van der Waals surface area contributed by atoms with Crippen molar-refractivity contribution in [2.45, 2.75) is 44.1 Å². The summed E-state index contributed by atoms with van der Waals surface area (Å²) in [7, 11) is 3.44. The van der Waals surface area contributed by atoms with Crippen molar-refractivity contribution in [3.8, 4) is 0 Å². The highest BCUT2D eigenvalue weighted by atomic mass is 16.2. The summed E-state index contributed by atoms with van der Waals surface area (Å²) in [5.41, 5.74) is 3.56. The first-order valence-corrected chi connectivity index (χ1v) is 12.1. The molecule has 2 aromatic rings. The number of carbonyl (C=O) groups excluding carboxylic acids is 2. The Morgan fingerprint density at radius 3 is 2.03 bits per heavy atom. The van der Waals surface area contributed by atoms with Crippen LogP contribution in [0.4, 0.5) is 17.1 Å². The lowest BCUT2D eigenvalue weighted by Gasteiger charge is -2.57. The van der Waals surface area contributed by atoms with Gasteiger partial charge in [-0.3, -0.25) is 9.59 Å². The molecule has 33 heavy (non-hydrogen) atoms. The highest BCUT2D eigenvalue weighted by molar-refractivity contribution is 5.96. The third-order valence-corrected chi connectivity index (χ3v) is 7.63. The molecule has 0 aromatic heterocycles. The van der Waals surface area contributed by atoms with Gasteiger partial charge in [-0.2, -0.15) is 0 Å². The smallest absolute Gasteiger partial charge is 0.253 e. The maximum Gasteiger partial charge on any atom is 0.253 e. The van der Waals surface area contributed by atoms with Gasteiger partial charge in [0.1, 0.15) is 0 Å². The first-order chi connectivity index (χ1) is 15.9. The highest BCUT2D eigenvalue weighted by Crippen LogP contribution is 2.56. The van der Waals surface area contributed by atoms with Gasteiger partial charge in [0, 0.05) is 30.9 Å². The predicted molar refractivity (Wildman–Crippen MR) is 133 cm³/mol. The van der Waals surface area contributed by atoms with E-state index in [-0.39, 0.29) is 23.9 Å². The summed E-state index contributed by atoms with van der Waals surface area (Å²) in [4.78, 5) is 26.1. The number of amides is 2. The second-order valence-corrected chi connectivity index (χ2v) is 10.5. The van der Waals surface area contributed by atoms with E-state index >= 15 is 0 Å². The largest absolute Gasteiger partial charge is 0.378 e. The van der Waals surface area contributed by atoms with E-state index in [1.165, 1.54) is 43.4 Å². The molecule has 2 amide bonds. The SMILES string of the molecule is CN(C)C(=O)c1ccc(NC(=O)CNc2ccccc2NC23CC4CC(CC(C4)C2)C3)cc1. The quantitative estimate of drug-likeness (QED) is 0.570. The molecule has 0 atom stereocenters. The average Bonchev–Trinajstić information content (AvgIpc) is 2.77. The molecule has 0 heterocycles. The molecule has 4 aliphatic carbocycles. The minimum atomic E-state index is -0.119. The normalized spacial score (nSPS) is 27.2. The van der Waals surface area contributed by atoms with E-state index in [2.05, 4.69) is 28.1 Å². The lowest BCUT2D eigenvalue weighted by molar-refractivity contribution is -0.114. The molecular weight excluding hydrogens is 412 g/mol. The van der Waals surface area contributed by atoms with Crippen LogP contribution in [0.5, 0.6) is 0 Å².